The summed E-state index contributed by atoms with van der Waals surface area (Å²) in [4.78, 5) is 13.0. The summed E-state index contributed by atoms with van der Waals surface area (Å²) < 4.78 is 25.2. The molecule has 0 N–H and O–H groups in total. The van der Waals surface area contributed by atoms with Crippen molar-refractivity contribution in [2.24, 2.45) is 0 Å². The normalized spacial score (nSPS) is 10.7. The Morgan fingerprint density at radius 1 is 0.614 bits per heavy atom. The van der Waals surface area contributed by atoms with Crippen LogP contribution in [0.3, 0.4) is 0 Å². The SMILES string of the molecule is CCCCOc1ccc(-c2c(C(=O)Cl)cc(OCc3ccccc3)c(OCc3ccccc3)c2OCc2ccccc2)cc1. The molecule has 44 heavy (non-hydrogen) atoms. The van der Waals surface area contributed by atoms with Gasteiger partial charge in [0.2, 0.25) is 5.75 Å². The summed E-state index contributed by atoms with van der Waals surface area (Å²) in [5.41, 5.74) is 4.42. The van der Waals surface area contributed by atoms with Gasteiger partial charge in [-0.05, 0) is 58.5 Å². The summed E-state index contributed by atoms with van der Waals surface area (Å²) in [6.45, 7) is 3.53. The molecule has 0 unspecified atom stereocenters. The first-order chi connectivity index (χ1) is 21.6. The minimum Gasteiger partial charge on any atom is -0.494 e. The second-order valence-electron chi connectivity index (χ2n) is 10.3. The predicted octanol–water partition coefficient (Wildman–Crippen LogP) is 9.65. The Labute approximate surface area is 263 Å². The molecule has 0 saturated carbocycles. The lowest BCUT2D eigenvalue weighted by Crippen LogP contribution is -2.08. The summed E-state index contributed by atoms with van der Waals surface area (Å²) in [5.74, 6) is 1.87. The van der Waals surface area contributed by atoms with E-state index in [0.29, 0.717) is 29.4 Å². The topological polar surface area (TPSA) is 54.0 Å². The summed E-state index contributed by atoms with van der Waals surface area (Å²) in [5, 5.41) is -0.632. The van der Waals surface area contributed by atoms with E-state index in [1.165, 1.54) is 0 Å². The number of carbonyl (C=O) groups excluding carboxylic acids is 1. The van der Waals surface area contributed by atoms with E-state index in [1.54, 1.807) is 6.07 Å². The van der Waals surface area contributed by atoms with Gasteiger partial charge in [-0.3, -0.25) is 4.79 Å². The van der Waals surface area contributed by atoms with Gasteiger partial charge in [0, 0.05) is 11.1 Å². The molecule has 0 radical (unpaired) electrons. The Morgan fingerprint density at radius 3 is 1.61 bits per heavy atom. The zero-order valence-electron chi connectivity index (χ0n) is 24.7. The fourth-order valence-corrected chi connectivity index (χ4v) is 4.84. The highest BCUT2D eigenvalue weighted by atomic mass is 35.5. The van der Waals surface area contributed by atoms with Gasteiger partial charge in [0.05, 0.1) is 6.61 Å². The molecule has 5 rings (SSSR count). The van der Waals surface area contributed by atoms with E-state index in [2.05, 4.69) is 6.92 Å². The summed E-state index contributed by atoms with van der Waals surface area (Å²) >= 11 is 6.26. The van der Waals surface area contributed by atoms with Crippen molar-refractivity contribution in [3.05, 3.63) is 144 Å². The van der Waals surface area contributed by atoms with E-state index in [0.717, 1.165) is 40.8 Å². The first kappa shape index (κ1) is 30.7. The van der Waals surface area contributed by atoms with Gasteiger partial charge in [-0.15, -0.1) is 0 Å². The molecular weight excluding hydrogens is 572 g/mol. The number of carbonyl (C=O) groups is 1. The Kier molecular flexibility index (Phi) is 10.9. The number of unbranched alkanes of at least 4 members (excludes halogenated alkanes) is 1. The van der Waals surface area contributed by atoms with Crippen LogP contribution in [-0.4, -0.2) is 11.8 Å². The Bertz CT molecular complexity index is 1620. The van der Waals surface area contributed by atoms with E-state index < -0.39 is 5.24 Å². The highest BCUT2D eigenvalue weighted by molar-refractivity contribution is 6.68. The number of ether oxygens (including phenoxy) is 4. The van der Waals surface area contributed by atoms with Gasteiger partial charge in [0.15, 0.2) is 11.5 Å². The molecule has 0 aromatic heterocycles. The molecule has 0 amide bonds. The standard InChI is InChI=1S/C38H35ClO5/c1-2-3-23-41-32-21-19-31(20-22-32)35-33(38(39)40)24-34(42-25-28-13-7-4-8-14-28)36(43-26-29-15-9-5-10-16-29)37(35)44-27-30-17-11-6-12-18-30/h4-22,24H,2-3,23,25-27H2,1H3. The van der Waals surface area contributed by atoms with Crippen LogP contribution < -0.4 is 18.9 Å². The van der Waals surface area contributed by atoms with Crippen molar-refractivity contribution in [3.8, 4) is 34.1 Å². The smallest absolute Gasteiger partial charge is 0.253 e. The van der Waals surface area contributed by atoms with E-state index in [-0.39, 0.29) is 25.4 Å². The molecule has 5 aromatic rings. The minimum absolute atomic E-state index is 0.242. The second-order valence-corrected chi connectivity index (χ2v) is 10.6. The summed E-state index contributed by atoms with van der Waals surface area (Å²) in [6.07, 6.45) is 2.02. The molecule has 0 atom stereocenters. The lowest BCUT2D eigenvalue weighted by atomic mass is 9.97. The highest BCUT2D eigenvalue weighted by Gasteiger charge is 2.26. The van der Waals surface area contributed by atoms with Crippen molar-refractivity contribution in [3.63, 3.8) is 0 Å². The molecule has 0 aliphatic carbocycles. The average molecular weight is 607 g/mol. The molecule has 224 valence electrons. The summed E-state index contributed by atoms with van der Waals surface area (Å²) in [6, 6.07) is 38.7. The number of halogens is 1. The molecular formula is C38H35ClO5. The third-order valence-corrected chi connectivity index (χ3v) is 7.22. The van der Waals surface area contributed by atoms with Crippen molar-refractivity contribution in [1.82, 2.24) is 0 Å². The highest BCUT2D eigenvalue weighted by Crippen LogP contribution is 2.48. The maximum atomic E-state index is 13.0. The third-order valence-electron chi connectivity index (χ3n) is 7.01. The van der Waals surface area contributed by atoms with E-state index in [4.69, 9.17) is 30.5 Å². The third kappa shape index (κ3) is 8.21. The number of hydrogen-bond donors (Lipinski definition) is 0. The number of rotatable bonds is 15. The van der Waals surface area contributed by atoms with Crippen LogP contribution in [0.15, 0.2) is 121 Å². The first-order valence-corrected chi connectivity index (χ1v) is 15.1. The molecule has 0 bridgehead atoms. The van der Waals surface area contributed by atoms with E-state index >= 15 is 0 Å². The minimum atomic E-state index is -0.632. The van der Waals surface area contributed by atoms with Crippen molar-refractivity contribution in [2.45, 2.75) is 39.6 Å². The van der Waals surface area contributed by atoms with Crippen LogP contribution in [0.5, 0.6) is 23.0 Å². The van der Waals surface area contributed by atoms with Gasteiger partial charge in [0.1, 0.15) is 25.6 Å². The summed E-state index contributed by atoms with van der Waals surface area (Å²) in [7, 11) is 0. The van der Waals surface area contributed by atoms with Crippen LogP contribution in [0.4, 0.5) is 0 Å². The molecule has 0 spiro atoms. The van der Waals surface area contributed by atoms with Gasteiger partial charge in [-0.2, -0.15) is 0 Å². The lowest BCUT2D eigenvalue weighted by molar-refractivity contribution is 0.108. The fraction of sp³-hybridized carbons (Fsp3) is 0.184. The molecule has 5 aromatic carbocycles. The quantitative estimate of drug-likeness (QED) is 0.0877. The molecule has 6 heteroatoms. The average Bonchev–Trinajstić information content (AvgIpc) is 3.07. The van der Waals surface area contributed by atoms with Crippen LogP contribution >= 0.6 is 11.6 Å². The zero-order valence-corrected chi connectivity index (χ0v) is 25.5. The van der Waals surface area contributed by atoms with E-state index in [9.17, 15) is 4.79 Å². The molecule has 0 aliphatic rings. The van der Waals surface area contributed by atoms with Gasteiger partial charge in [-0.1, -0.05) is 116 Å². The van der Waals surface area contributed by atoms with Crippen molar-refractivity contribution < 1.29 is 23.7 Å². The van der Waals surface area contributed by atoms with Crippen LogP contribution in [0.2, 0.25) is 0 Å². The fourth-order valence-electron chi connectivity index (χ4n) is 4.69. The molecule has 0 saturated heterocycles. The van der Waals surface area contributed by atoms with E-state index in [1.807, 2.05) is 115 Å². The monoisotopic (exact) mass is 606 g/mol. The van der Waals surface area contributed by atoms with Gasteiger partial charge >= 0.3 is 0 Å². The predicted molar refractivity (Wildman–Crippen MR) is 175 cm³/mol. The van der Waals surface area contributed by atoms with Crippen LogP contribution in [-0.2, 0) is 19.8 Å². The van der Waals surface area contributed by atoms with Crippen molar-refractivity contribution >= 4 is 16.8 Å². The van der Waals surface area contributed by atoms with Crippen molar-refractivity contribution in [1.29, 1.82) is 0 Å². The van der Waals surface area contributed by atoms with Crippen LogP contribution in [0.25, 0.3) is 11.1 Å². The first-order valence-electron chi connectivity index (χ1n) is 14.8. The van der Waals surface area contributed by atoms with Gasteiger partial charge in [0.25, 0.3) is 5.24 Å². The van der Waals surface area contributed by atoms with Gasteiger partial charge < -0.3 is 18.9 Å². The van der Waals surface area contributed by atoms with Gasteiger partial charge in [-0.25, -0.2) is 0 Å². The molecule has 0 aliphatic heterocycles. The van der Waals surface area contributed by atoms with Crippen LogP contribution in [0, 0.1) is 0 Å². The maximum absolute atomic E-state index is 13.0. The Morgan fingerprint density at radius 2 is 1.11 bits per heavy atom. The Balaban J connectivity index is 1.62. The lowest BCUT2D eigenvalue weighted by Gasteiger charge is -2.22. The maximum Gasteiger partial charge on any atom is 0.253 e. The Hall–Kier alpha value is -4.74. The largest absolute Gasteiger partial charge is 0.494 e. The zero-order chi connectivity index (χ0) is 30.6. The number of benzene rings is 5. The van der Waals surface area contributed by atoms with Crippen molar-refractivity contribution in [2.75, 3.05) is 6.61 Å². The molecule has 0 heterocycles. The second kappa shape index (κ2) is 15.6. The molecule has 0 fully saturated rings. The van der Waals surface area contributed by atoms with Crippen LogP contribution in [0.1, 0.15) is 46.8 Å². The number of hydrogen-bond acceptors (Lipinski definition) is 5. The molecule has 5 nitrogen and oxygen atoms in total.